The maximum atomic E-state index is 13.1. The summed E-state index contributed by atoms with van der Waals surface area (Å²) in [4.78, 5) is 0. The highest BCUT2D eigenvalue weighted by atomic mass is 19.1. The molecule has 0 radical (unpaired) electrons. The summed E-state index contributed by atoms with van der Waals surface area (Å²) in [6, 6.07) is 12.7. The molecule has 2 nitrogen and oxygen atoms in total. The van der Waals surface area contributed by atoms with Gasteiger partial charge in [-0.3, -0.25) is 0 Å². The Morgan fingerprint density at radius 2 is 2.00 bits per heavy atom. The molecule has 2 aromatic carbocycles. The SMILES string of the molecule is Cc1cc(NCc2cccc(N)c2)ccc1F. The number of hydrogen-bond donors (Lipinski definition) is 2. The summed E-state index contributed by atoms with van der Waals surface area (Å²) in [6.45, 7) is 2.43. The van der Waals surface area contributed by atoms with Gasteiger partial charge in [-0.25, -0.2) is 4.39 Å². The smallest absolute Gasteiger partial charge is 0.126 e. The monoisotopic (exact) mass is 230 g/mol. The van der Waals surface area contributed by atoms with Crippen LogP contribution < -0.4 is 11.1 Å². The van der Waals surface area contributed by atoms with Gasteiger partial charge in [0.1, 0.15) is 5.82 Å². The molecule has 0 bridgehead atoms. The molecule has 0 aliphatic carbocycles. The lowest BCUT2D eigenvalue weighted by molar-refractivity contribution is 0.618. The lowest BCUT2D eigenvalue weighted by Gasteiger charge is -2.08. The van der Waals surface area contributed by atoms with Crippen LogP contribution in [0.3, 0.4) is 0 Å². The minimum Gasteiger partial charge on any atom is -0.399 e. The Hall–Kier alpha value is -2.03. The van der Waals surface area contributed by atoms with Crippen LogP contribution in [0.2, 0.25) is 0 Å². The van der Waals surface area contributed by atoms with Gasteiger partial charge >= 0.3 is 0 Å². The Kier molecular flexibility index (Phi) is 3.28. The maximum Gasteiger partial charge on any atom is 0.126 e. The first-order chi connectivity index (χ1) is 8.15. The molecule has 0 heterocycles. The molecule has 2 aromatic rings. The van der Waals surface area contributed by atoms with E-state index in [0.717, 1.165) is 16.9 Å². The fraction of sp³-hybridized carbons (Fsp3) is 0.143. The summed E-state index contributed by atoms with van der Waals surface area (Å²) in [5, 5.41) is 3.23. The first-order valence-corrected chi connectivity index (χ1v) is 5.49. The number of nitrogens with two attached hydrogens (primary N) is 1. The van der Waals surface area contributed by atoms with E-state index in [4.69, 9.17) is 5.73 Å². The van der Waals surface area contributed by atoms with Crippen LogP contribution in [-0.2, 0) is 6.54 Å². The van der Waals surface area contributed by atoms with Crippen molar-refractivity contribution in [1.82, 2.24) is 0 Å². The molecule has 0 fully saturated rings. The molecule has 0 unspecified atom stereocenters. The average Bonchev–Trinajstić information content (AvgIpc) is 2.31. The largest absolute Gasteiger partial charge is 0.399 e. The van der Waals surface area contributed by atoms with Crippen LogP contribution in [0.5, 0.6) is 0 Å². The van der Waals surface area contributed by atoms with Crippen LogP contribution in [-0.4, -0.2) is 0 Å². The molecule has 0 aliphatic heterocycles. The van der Waals surface area contributed by atoms with Crippen LogP contribution in [0.4, 0.5) is 15.8 Å². The van der Waals surface area contributed by atoms with Crippen molar-refractivity contribution in [2.24, 2.45) is 0 Å². The van der Waals surface area contributed by atoms with E-state index in [9.17, 15) is 4.39 Å². The number of halogens is 1. The molecule has 0 saturated carbocycles. The van der Waals surface area contributed by atoms with Crippen molar-refractivity contribution in [2.75, 3.05) is 11.1 Å². The molecule has 0 spiro atoms. The van der Waals surface area contributed by atoms with E-state index in [1.807, 2.05) is 24.3 Å². The molecule has 3 heteroatoms. The van der Waals surface area contributed by atoms with Crippen molar-refractivity contribution >= 4 is 11.4 Å². The predicted molar refractivity (Wildman–Crippen MR) is 69.3 cm³/mol. The second-order valence-electron chi connectivity index (χ2n) is 4.06. The van der Waals surface area contributed by atoms with Gasteiger partial charge in [0, 0.05) is 17.9 Å². The second-order valence-corrected chi connectivity index (χ2v) is 4.06. The number of nitrogens with one attached hydrogen (secondary N) is 1. The lowest BCUT2D eigenvalue weighted by atomic mass is 10.2. The average molecular weight is 230 g/mol. The van der Waals surface area contributed by atoms with E-state index in [1.54, 1.807) is 19.1 Å². The van der Waals surface area contributed by atoms with Gasteiger partial charge in [-0.2, -0.15) is 0 Å². The third-order valence-electron chi connectivity index (χ3n) is 2.61. The Balaban J connectivity index is 2.05. The fourth-order valence-electron chi connectivity index (χ4n) is 1.66. The zero-order chi connectivity index (χ0) is 12.3. The molecule has 0 aromatic heterocycles. The van der Waals surface area contributed by atoms with Crippen molar-refractivity contribution in [3.63, 3.8) is 0 Å². The van der Waals surface area contributed by atoms with Gasteiger partial charge in [0.25, 0.3) is 0 Å². The molecule has 0 saturated heterocycles. The Morgan fingerprint density at radius 3 is 2.71 bits per heavy atom. The van der Waals surface area contributed by atoms with Crippen molar-refractivity contribution in [2.45, 2.75) is 13.5 Å². The molecule has 88 valence electrons. The van der Waals surface area contributed by atoms with Crippen LogP contribution >= 0.6 is 0 Å². The molecule has 0 aliphatic rings. The highest BCUT2D eigenvalue weighted by molar-refractivity contribution is 5.47. The molecule has 0 atom stereocenters. The van der Waals surface area contributed by atoms with E-state index in [2.05, 4.69) is 5.32 Å². The quantitative estimate of drug-likeness (QED) is 0.794. The Labute approximate surface area is 100 Å². The molecular weight excluding hydrogens is 215 g/mol. The summed E-state index contributed by atoms with van der Waals surface area (Å²) >= 11 is 0. The van der Waals surface area contributed by atoms with E-state index in [0.29, 0.717) is 12.1 Å². The summed E-state index contributed by atoms with van der Waals surface area (Å²) in [6.07, 6.45) is 0. The van der Waals surface area contributed by atoms with Crippen molar-refractivity contribution in [3.05, 3.63) is 59.4 Å². The third kappa shape index (κ3) is 2.97. The van der Waals surface area contributed by atoms with Gasteiger partial charge in [-0.15, -0.1) is 0 Å². The molecule has 3 N–H and O–H groups in total. The molecular formula is C14H15FN2. The van der Waals surface area contributed by atoms with Gasteiger partial charge in [0.05, 0.1) is 0 Å². The number of hydrogen-bond acceptors (Lipinski definition) is 2. The Morgan fingerprint density at radius 1 is 1.18 bits per heavy atom. The van der Waals surface area contributed by atoms with Gasteiger partial charge in [-0.05, 0) is 48.4 Å². The van der Waals surface area contributed by atoms with Crippen molar-refractivity contribution in [1.29, 1.82) is 0 Å². The van der Waals surface area contributed by atoms with Crippen LogP contribution in [0.1, 0.15) is 11.1 Å². The van der Waals surface area contributed by atoms with Crippen LogP contribution in [0, 0.1) is 12.7 Å². The Bertz CT molecular complexity index is 523. The van der Waals surface area contributed by atoms with Crippen LogP contribution in [0.25, 0.3) is 0 Å². The van der Waals surface area contributed by atoms with E-state index in [1.165, 1.54) is 6.07 Å². The van der Waals surface area contributed by atoms with Crippen molar-refractivity contribution < 1.29 is 4.39 Å². The number of rotatable bonds is 3. The minimum absolute atomic E-state index is 0.181. The minimum atomic E-state index is -0.181. The topological polar surface area (TPSA) is 38.0 Å². The maximum absolute atomic E-state index is 13.1. The normalized spacial score (nSPS) is 10.2. The molecule has 2 rings (SSSR count). The fourth-order valence-corrected chi connectivity index (χ4v) is 1.66. The van der Waals surface area contributed by atoms with Gasteiger partial charge < -0.3 is 11.1 Å². The number of benzene rings is 2. The number of anilines is 2. The standard InChI is InChI=1S/C14H15FN2/c1-10-7-13(5-6-14(10)15)17-9-11-3-2-4-12(16)8-11/h2-8,17H,9,16H2,1H3. The van der Waals surface area contributed by atoms with Gasteiger partial charge in [0.15, 0.2) is 0 Å². The summed E-state index contributed by atoms with van der Waals surface area (Å²) in [5.41, 5.74) is 9.10. The highest BCUT2D eigenvalue weighted by Gasteiger charge is 1.99. The zero-order valence-corrected chi connectivity index (χ0v) is 9.70. The first-order valence-electron chi connectivity index (χ1n) is 5.49. The number of nitrogen functional groups attached to an aromatic ring is 1. The highest BCUT2D eigenvalue weighted by Crippen LogP contribution is 2.15. The van der Waals surface area contributed by atoms with Crippen LogP contribution in [0.15, 0.2) is 42.5 Å². The van der Waals surface area contributed by atoms with E-state index in [-0.39, 0.29) is 5.82 Å². The summed E-state index contributed by atoms with van der Waals surface area (Å²) < 4.78 is 13.1. The van der Waals surface area contributed by atoms with Gasteiger partial charge in [0.2, 0.25) is 0 Å². The number of aryl methyl sites for hydroxylation is 1. The third-order valence-corrected chi connectivity index (χ3v) is 2.61. The predicted octanol–water partition coefficient (Wildman–Crippen LogP) is 3.33. The molecule has 0 amide bonds. The summed E-state index contributed by atoms with van der Waals surface area (Å²) in [7, 11) is 0. The zero-order valence-electron chi connectivity index (χ0n) is 9.70. The van der Waals surface area contributed by atoms with Gasteiger partial charge in [-0.1, -0.05) is 12.1 Å². The second kappa shape index (κ2) is 4.87. The van der Waals surface area contributed by atoms with E-state index < -0.39 is 0 Å². The first kappa shape index (κ1) is 11.5. The summed E-state index contributed by atoms with van der Waals surface area (Å²) in [5.74, 6) is -0.181. The van der Waals surface area contributed by atoms with E-state index >= 15 is 0 Å². The lowest BCUT2D eigenvalue weighted by Crippen LogP contribution is -2.00. The van der Waals surface area contributed by atoms with Crippen molar-refractivity contribution in [3.8, 4) is 0 Å². The molecule has 17 heavy (non-hydrogen) atoms.